The highest BCUT2D eigenvalue weighted by molar-refractivity contribution is 7.10. The predicted molar refractivity (Wildman–Crippen MR) is 112 cm³/mol. The van der Waals surface area contributed by atoms with E-state index in [0.29, 0.717) is 10.7 Å². The Hall–Kier alpha value is -1.89. The lowest BCUT2D eigenvalue weighted by Crippen LogP contribution is -2.43. The summed E-state index contributed by atoms with van der Waals surface area (Å²) in [7, 11) is 1.74. The van der Waals surface area contributed by atoms with Crippen LogP contribution in [-0.2, 0) is 9.59 Å². The Balaban J connectivity index is 1.88. The molecule has 146 valence electrons. The SMILES string of the molecule is CN(CC(=O)Nc1cccc(Cl)c1)CC(=O)NC(c1cccs1)C(C)(C)C. The summed E-state index contributed by atoms with van der Waals surface area (Å²) in [6.45, 7) is 6.54. The van der Waals surface area contributed by atoms with Gasteiger partial charge in [0.2, 0.25) is 11.8 Å². The number of nitrogens with one attached hydrogen (secondary N) is 2. The van der Waals surface area contributed by atoms with Crippen molar-refractivity contribution in [3.63, 3.8) is 0 Å². The highest BCUT2D eigenvalue weighted by Gasteiger charge is 2.28. The van der Waals surface area contributed by atoms with Gasteiger partial charge in [-0.2, -0.15) is 0 Å². The lowest BCUT2D eigenvalue weighted by Gasteiger charge is -2.31. The molecule has 2 N–H and O–H groups in total. The highest BCUT2D eigenvalue weighted by Crippen LogP contribution is 2.35. The van der Waals surface area contributed by atoms with Gasteiger partial charge in [-0.3, -0.25) is 14.5 Å². The predicted octanol–water partition coefficient (Wildman–Crippen LogP) is 4.18. The van der Waals surface area contributed by atoms with E-state index in [1.165, 1.54) is 0 Å². The first kappa shape index (κ1) is 21.4. The molecule has 7 heteroatoms. The summed E-state index contributed by atoms with van der Waals surface area (Å²) < 4.78 is 0. The molecule has 0 saturated carbocycles. The van der Waals surface area contributed by atoms with Crippen LogP contribution in [0.1, 0.15) is 31.7 Å². The largest absolute Gasteiger partial charge is 0.347 e. The quantitative estimate of drug-likeness (QED) is 0.723. The monoisotopic (exact) mass is 407 g/mol. The minimum Gasteiger partial charge on any atom is -0.347 e. The first-order valence-electron chi connectivity index (χ1n) is 8.72. The van der Waals surface area contributed by atoms with Crippen LogP contribution in [0.5, 0.6) is 0 Å². The van der Waals surface area contributed by atoms with E-state index in [1.807, 2.05) is 17.5 Å². The number of rotatable bonds is 7. The summed E-state index contributed by atoms with van der Waals surface area (Å²) in [6.07, 6.45) is 0. The lowest BCUT2D eigenvalue weighted by atomic mass is 9.85. The molecule has 2 aromatic rings. The average Bonchev–Trinajstić information content (AvgIpc) is 3.05. The summed E-state index contributed by atoms with van der Waals surface area (Å²) in [5.74, 6) is -0.306. The highest BCUT2D eigenvalue weighted by atomic mass is 35.5. The van der Waals surface area contributed by atoms with Gasteiger partial charge in [-0.15, -0.1) is 11.3 Å². The fourth-order valence-corrected chi connectivity index (χ4v) is 3.90. The Morgan fingerprint density at radius 2 is 1.85 bits per heavy atom. The maximum Gasteiger partial charge on any atom is 0.238 e. The average molecular weight is 408 g/mol. The van der Waals surface area contributed by atoms with Gasteiger partial charge in [0, 0.05) is 15.6 Å². The van der Waals surface area contributed by atoms with Gasteiger partial charge in [0.25, 0.3) is 0 Å². The lowest BCUT2D eigenvalue weighted by molar-refractivity contribution is -0.124. The molecule has 0 spiro atoms. The molecule has 0 bridgehead atoms. The third-order valence-corrected chi connectivity index (χ3v) is 5.11. The topological polar surface area (TPSA) is 61.4 Å². The van der Waals surface area contributed by atoms with Crippen LogP contribution in [0.2, 0.25) is 5.02 Å². The number of halogens is 1. The molecule has 27 heavy (non-hydrogen) atoms. The van der Waals surface area contributed by atoms with E-state index in [9.17, 15) is 9.59 Å². The molecule has 0 aliphatic rings. The molecular weight excluding hydrogens is 382 g/mol. The number of hydrogen-bond acceptors (Lipinski definition) is 4. The molecule has 0 aliphatic carbocycles. The number of amides is 2. The van der Waals surface area contributed by atoms with E-state index in [1.54, 1.807) is 47.5 Å². The van der Waals surface area contributed by atoms with Crippen molar-refractivity contribution in [1.82, 2.24) is 10.2 Å². The number of benzene rings is 1. The maximum atomic E-state index is 12.5. The molecular formula is C20H26ClN3O2S. The zero-order valence-corrected chi connectivity index (χ0v) is 17.7. The second kappa shape index (κ2) is 9.35. The molecule has 1 unspecified atom stereocenters. The van der Waals surface area contributed by atoms with Gasteiger partial charge in [-0.1, -0.05) is 44.5 Å². The smallest absolute Gasteiger partial charge is 0.238 e. The van der Waals surface area contributed by atoms with Crippen molar-refractivity contribution in [3.8, 4) is 0 Å². The van der Waals surface area contributed by atoms with Crippen LogP contribution in [0.4, 0.5) is 5.69 Å². The van der Waals surface area contributed by atoms with Crippen LogP contribution < -0.4 is 10.6 Å². The maximum absolute atomic E-state index is 12.5. The molecule has 1 heterocycles. The number of anilines is 1. The van der Waals surface area contributed by atoms with E-state index in [2.05, 4.69) is 31.4 Å². The summed E-state index contributed by atoms with van der Waals surface area (Å²) in [5, 5.41) is 8.44. The van der Waals surface area contributed by atoms with Gasteiger partial charge >= 0.3 is 0 Å². The van der Waals surface area contributed by atoms with Crippen molar-refractivity contribution in [1.29, 1.82) is 0 Å². The van der Waals surface area contributed by atoms with E-state index >= 15 is 0 Å². The Bertz CT molecular complexity index is 772. The van der Waals surface area contributed by atoms with Crippen LogP contribution in [0.25, 0.3) is 0 Å². The summed E-state index contributed by atoms with van der Waals surface area (Å²) in [5.41, 5.74) is 0.527. The van der Waals surface area contributed by atoms with E-state index in [4.69, 9.17) is 11.6 Å². The molecule has 0 fully saturated rings. The zero-order chi connectivity index (χ0) is 20.0. The van der Waals surface area contributed by atoms with Gasteiger partial charge in [0.15, 0.2) is 0 Å². The number of nitrogens with zero attached hydrogens (tertiary/aromatic N) is 1. The minimum atomic E-state index is -0.196. The van der Waals surface area contributed by atoms with Crippen LogP contribution in [0.15, 0.2) is 41.8 Å². The molecule has 0 saturated heterocycles. The van der Waals surface area contributed by atoms with E-state index in [-0.39, 0.29) is 36.4 Å². The van der Waals surface area contributed by atoms with Crippen LogP contribution in [-0.4, -0.2) is 36.9 Å². The molecule has 2 rings (SSSR count). The third kappa shape index (κ3) is 6.97. The molecule has 2 amide bonds. The van der Waals surface area contributed by atoms with Crippen molar-refractivity contribution in [2.45, 2.75) is 26.8 Å². The van der Waals surface area contributed by atoms with Crippen LogP contribution in [0.3, 0.4) is 0 Å². The third-order valence-electron chi connectivity index (χ3n) is 3.93. The molecule has 1 aromatic heterocycles. The zero-order valence-electron chi connectivity index (χ0n) is 16.1. The van der Waals surface area contributed by atoms with Gasteiger partial charge in [0.05, 0.1) is 19.1 Å². The molecule has 5 nitrogen and oxygen atoms in total. The van der Waals surface area contributed by atoms with Crippen LogP contribution in [0, 0.1) is 5.41 Å². The number of hydrogen-bond donors (Lipinski definition) is 2. The molecule has 0 radical (unpaired) electrons. The standard InChI is InChI=1S/C20H26ClN3O2S/c1-20(2,3)19(16-9-6-10-27-16)23-18(26)13-24(4)12-17(25)22-15-8-5-7-14(21)11-15/h5-11,19H,12-13H2,1-4H3,(H,22,25)(H,23,26). The number of carbonyl (C=O) groups is 2. The fraction of sp³-hybridized carbons (Fsp3) is 0.400. The first-order valence-corrected chi connectivity index (χ1v) is 9.97. The summed E-state index contributed by atoms with van der Waals surface area (Å²) in [4.78, 5) is 27.5. The summed E-state index contributed by atoms with van der Waals surface area (Å²) >= 11 is 7.55. The van der Waals surface area contributed by atoms with Gasteiger partial charge in [0.1, 0.15) is 0 Å². The van der Waals surface area contributed by atoms with Crippen molar-refractivity contribution in [3.05, 3.63) is 51.7 Å². The second-order valence-corrected chi connectivity index (χ2v) is 9.03. The van der Waals surface area contributed by atoms with Crippen molar-refractivity contribution in [2.24, 2.45) is 5.41 Å². The summed E-state index contributed by atoms with van der Waals surface area (Å²) in [6, 6.07) is 10.9. The fourth-order valence-electron chi connectivity index (χ4n) is 2.69. The van der Waals surface area contributed by atoms with Gasteiger partial charge < -0.3 is 10.6 Å². The van der Waals surface area contributed by atoms with E-state index in [0.717, 1.165) is 4.88 Å². The van der Waals surface area contributed by atoms with Gasteiger partial charge in [-0.05, 0) is 42.1 Å². The van der Waals surface area contributed by atoms with Gasteiger partial charge in [-0.25, -0.2) is 0 Å². The Kier molecular flexibility index (Phi) is 7.41. The Morgan fingerprint density at radius 1 is 1.15 bits per heavy atom. The normalized spacial score (nSPS) is 12.7. The van der Waals surface area contributed by atoms with Crippen molar-refractivity contribution < 1.29 is 9.59 Å². The number of carbonyl (C=O) groups excluding carboxylic acids is 2. The molecule has 1 atom stereocenters. The number of likely N-dealkylation sites (N-methyl/N-ethyl adjacent to an activating group) is 1. The van der Waals surface area contributed by atoms with Crippen molar-refractivity contribution in [2.75, 3.05) is 25.5 Å². The molecule has 0 aliphatic heterocycles. The van der Waals surface area contributed by atoms with Crippen LogP contribution >= 0.6 is 22.9 Å². The Labute approximate surface area is 169 Å². The first-order chi connectivity index (χ1) is 12.6. The Morgan fingerprint density at radius 3 is 2.44 bits per heavy atom. The minimum absolute atomic E-state index is 0.0707. The number of thiophene rings is 1. The van der Waals surface area contributed by atoms with Crippen molar-refractivity contribution >= 4 is 40.4 Å². The second-order valence-electron chi connectivity index (χ2n) is 7.61. The molecule has 1 aromatic carbocycles. The van der Waals surface area contributed by atoms with E-state index < -0.39 is 0 Å².